The minimum absolute atomic E-state index is 0.0724. The summed E-state index contributed by atoms with van der Waals surface area (Å²) in [7, 11) is 0. The van der Waals surface area contributed by atoms with Crippen LogP contribution < -0.4 is 0 Å². The standard InChI is InChI=1S/C17H17FN8O2/c18-13-1-3-14(4-2-13)26-6-5-15(20-26)17(28)24-9-7-23(8-10-24)16(27)11-25-12-19-21-22-25/h1-6,12H,7-11H2. The molecule has 0 spiro atoms. The Kier molecular flexibility index (Phi) is 4.79. The van der Waals surface area contributed by atoms with Crippen molar-refractivity contribution in [2.45, 2.75) is 6.54 Å². The maximum atomic E-state index is 13.0. The normalized spacial score (nSPS) is 14.3. The average Bonchev–Trinajstić information content (AvgIpc) is 3.40. The number of rotatable bonds is 4. The number of hydrogen-bond donors (Lipinski definition) is 0. The quantitative estimate of drug-likeness (QED) is 0.627. The molecule has 0 aliphatic carbocycles. The minimum Gasteiger partial charge on any atom is -0.338 e. The van der Waals surface area contributed by atoms with Gasteiger partial charge in [-0.2, -0.15) is 5.10 Å². The fourth-order valence-corrected chi connectivity index (χ4v) is 2.99. The highest BCUT2D eigenvalue weighted by Gasteiger charge is 2.26. The SMILES string of the molecule is O=C(Cn1cnnn1)N1CCN(C(=O)c2ccn(-c3ccc(F)cc3)n2)CC1. The fourth-order valence-electron chi connectivity index (χ4n) is 2.99. The third kappa shape index (κ3) is 3.72. The van der Waals surface area contributed by atoms with E-state index in [1.165, 1.54) is 27.8 Å². The number of carbonyl (C=O) groups excluding carboxylic acids is 2. The van der Waals surface area contributed by atoms with Crippen LogP contribution in [0.25, 0.3) is 5.69 Å². The molecule has 3 heterocycles. The Balaban J connectivity index is 1.35. The average molecular weight is 384 g/mol. The van der Waals surface area contributed by atoms with E-state index in [0.29, 0.717) is 37.6 Å². The number of halogens is 1. The first kappa shape index (κ1) is 17.8. The largest absolute Gasteiger partial charge is 0.338 e. The topological polar surface area (TPSA) is 102 Å². The third-order valence-electron chi connectivity index (χ3n) is 4.51. The van der Waals surface area contributed by atoms with E-state index in [0.717, 1.165) is 0 Å². The van der Waals surface area contributed by atoms with E-state index >= 15 is 0 Å². The highest BCUT2D eigenvalue weighted by Crippen LogP contribution is 2.12. The molecular formula is C17H17FN8O2. The molecule has 4 rings (SSSR count). The first-order valence-electron chi connectivity index (χ1n) is 8.69. The highest BCUT2D eigenvalue weighted by atomic mass is 19.1. The van der Waals surface area contributed by atoms with Crippen LogP contribution in [0, 0.1) is 5.82 Å². The van der Waals surface area contributed by atoms with Gasteiger partial charge in [0.25, 0.3) is 5.91 Å². The minimum atomic E-state index is -0.334. The zero-order valence-electron chi connectivity index (χ0n) is 14.8. The number of nitrogens with zero attached hydrogens (tertiary/aromatic N) is 8. The molecular weight excluding hydrogens is 367 g/mol. The van der Waals surface area contributed by atoms with Gasteiger partial charge in [0, 0.05) is 32.4 Å². The van der Waals surface area contributed by atoms with Crippen LogP contribution in [0.2, 0.25) is 0 Å². The molecule has 28 heavy (non-hydrogen) atoms. The maximum Gasteiger partial charge on any atom is 0.274 e. The lowest BCUT2D eigenvalue weighted by molar-refractivity contribution is -0.133. The molecule has 11 heteroatoms. The van der Waals surface area contributed by atoms with Crippen molar-refractivity contribution in [1.29, 1.82) is 0 Å². The van der Waals surface area contributed by atoms with Gasteiger partial charge in [0.1, 0.15) is 18.7 Å². The first-order valence-corrected chi connectivity index (χ1v) is 8.69. The lowest BCUT2D eigenvalue weighted by Crippen LogP contribution is -2.51. The van der Waals surface area contributed by atoms with Crippen LogP contribution >= 0.6 is 0 Å². The van der Waals surface area contributed by atoms with E-state index in [2.05, 4.69) is 20.6 Å². The van der Waals surface area contributed by atoms with Gasteiger partial charge in [-0.25, -0.2) is 13.8 Å². The van der Waals surface area contributed by atoms with E-state index in [-0.39, 0.29) is 24.2 Å². The van der Waals surface area contributed by atoms with E-state index in [9.17, 15) is 14.0 Å². The van der Waals surface area contributed by atoms with Gasteiger partial charge in [0.05, 0.1) is 5.69 Å². The lowest BCUT2D eigenvalue weighted by atomic mass is 10.2. The van der Waals surface area contributed by atoms with Crippen molar-refractivity contribution >= 4 is 11.8 Å². The van der Waals surface area contributed by atoms with Gasteiger partial charge in [-0.3, -0.25) is 9.59 Å². The van der Waals surface area contributed by atoms with Gasteiger partial charge >= 0.3 is 0 Å². The molecule has 1 aliphatic rings. The number of amides is 2. The van der Waals surface area contributed by atoms with Gasteiger partial charge in [-0.1, -0.05) is 0 Å². The van der Waals surface area contributed by atoms with Crippen LogP contribution in [-0.2, 0) is 11.3 Å². The van der Waals surface area contributed by atoms with Crippen LogP contribution in [0.4, 0.5) is 4.39 Å². The summed E-state index contributed by atoms with van der Waals surface area (Å²) in [5.74, 6) is -0.631. The third-order valence-corrected chi connectivity index (χ3v) is 4.51. The fraction of sp³-hybridized carbons (Fsp3) is 0.294. The Bertz CT molecular complexity index is 961. The molecule has 1 aromatic carbocycles. The van der Waals surface area contributed by atoms with Crippen LogP contribution in [0.1, 0.15) is 10.5 Å². The molecule has 2 amide bonds. The predicted octanol–water partition coefficient (Wildman–Crippen LogP) is -0.0175. The number of piperazine rings is 1. The second-order valence-corrected chi connectivity index (χ2v) is 6.30. The van der Waals surface area contributed by atoms with Crippen molar-refractivity contribution in [2.75, 3.05) is 26.2 Å². The second kappa shape index (κ2) is 7.55. The zero-order valence-corrected chi connectivity index (χ0v) is 14.8. The predicted molar refractivity (Wildman–Crippen MR) is 93.8 cm³/mol. The van der Waals surface area contributed by atoms with E-state index in [4.69, 9.17) is 0 Å². The summed E-state index contributed by atoms with van der Waals surface area (Å²) in [5, 5.41) is 15.0. The summed E-state index contributed by atoms with van der Waals surface area (Å²) in [6.07, 6.45) is 3.04. The second-order valence-electron chi connectivity index (χ2n) is 6.30. The Labute approximate surface area is 159 Å². The molecule has 0 radical (unpaired) electrons. The Morgan fingerprint density at radius 2 is 1.71 bits per heavy atom. The van der Waals surface area contributed by atoms with Crippen LogP contribution in [-0.4, -0.2) is 77.8 Å². The zero-order chi connectivity index (χ0) is 19.5. The van der Waals surface area contributed by atoms with Gasteiger partial charge in [0.15, 0.2) is 5.69 Å². The van der Waals surface area contributed by atoms with Crippen molar-refractivity contribution in [3.63, 3.8) is 0 Å². The van der Waals surface area contributed by atoms with E-state index in [1.54, 1.807) is 34.2 Å². The number of benzene rings is 1. The molecule has 0 N–H and O–H groups in total. The number of carbonyl (C=O) groups is 2. The molecule has 10 nitrogen and oxygen atoms in total. The van der Waals surface area contributed by atoms with Gasteiger partial charge < -0.3 is 9.80 Å². The summed E-state index contributed by atoms with van der Waals surface area (Å²) in [5.41, 5.74) is 0.969. The van der Waals surface area contributed by atoms with Gasteiger partial charge in [-0.05, 0) is 40.8 Å². The number of tetrazole rings is 1. The van der Waals surface area contributed by atoms with E-state index < -0.39 is 0 Å². The Morgan fingerprint density at radius 3 is 2.39 bits per heavy atom. The lowest BCUT2D eigenvalue weighted by Gasteiger charge is -2.34. The Hall–Kier alpha value is -3.63. The molecule has 2 aromatic heterocycles. The molecule has 1 aliphatic heterocycles. The summed E-state index contributed by atoms with van der Waals surface area (Å²) in [6.45, 7) is 1.78. The number of hydrogen-bond acceptors (Lipinski definition) is 6. The smallest absolute Gasteiger partial charge is 0.274 e. The molecule has 0 saturated carbocycles. The highest BCUT2D eigenvalue weighted by molar-refractivity contribution is 5.92. The first-order chi connectivity index (χ1) is 13.6. The Morgan fingerprint density at radius 1 is 1.00 bits per heavy atom. The molecule has 1 saturated heterocycles. The molecule has 1 fully saturated rings. The maximum absolute atomic E-state index is 13.0. The van der Waals surface area contributed by atoms with Gasteiger partial charge in [0.2, 0.25) is 5.91 Å². The molecule has 0 atom stereocenters. The summed E-state index contributed by atoms with van der Waals surface area (Å²) < 4.78 is 15.9. The van der Waals surface area contributed by atoms with Crippen molar-refractivity contribution in [2.24, 2.45) is 0 Å². The van der Waals surface area contributed by atoms with Crippen molar-refractivity contribution in [3.8, 4) is 5.69 Å². The molecule has 0 unspecified atom stereocenters. The summed E-state index contributed by atoms with van der Waals surface area (Å²) >= 11 is 0. The van der Waals surface area contributed by atoms with E-state index in [1.807, 2.05) is 0 Å². The van der Waals surface area contributed by atoms with Crippen molar-refractivity contribution in [3.05, 3.63) is 54.4 Å². The van der Waals surface area contributed by atoms with Crippen molar-refractivity contribution in [1.82, 2.24) is 39.8 Å². The summed E-state index contributed by atoms with van der Waals surface area (Å²) in [6, 6.07) is 7.48. The molecule has 144 valence electrons. The molecule has 3 aromatic rings. The van der Waals surface area contributed by atoms with Gasteiger partial charge in [-0.15, -0.1) is 5.10 Å². The monoisotopic (exact) mass is 384 g/mol. The van der Waals surface area contributed by atoms with Crippen molar-refractivity contribution < 1.29 is 14.0 Å². The summed E-state index contributed by atoms with van der Waals surface area (Å²) in [4.78, 5) is 28.3. The van der Waals surface area contributed by atoms with Crippen LogP contribution in [0.5, 0.6) is 0 Å². The number of aromatic nitrogens is 6. The molecule has 0 bridgehead atoms. The van der Waals surface area contributed by atoms with Crippen LogP contribution in [0.15, 0.2) is 42.9 Å². The van der Waals surface area contributed by atoms with Crippen LogP contribution in [0.3, 0.4) is 0 Å².